The summed E-state index contributed by atoms with van der Waals surface area (Å²) in [7, 11) is -1.52. The molecule has 8 nitrogen and oxygen atoms in total. The minimum absolute atomic E-state index is 0.000352. The summed E-state index contributed by atoms with van der Waals surface area (Å²) in [5.41, 5.74) is 1.45. The van der Waals surface area contributed by atoms with Crippen LogP contribution in [0.3, 0.4) is 0 Å². The minimum Gasteiger partial charge on any atom is -0.497 e. The number of methoxy groups -OCH3 is 1. The third-order valence-electron chi connectivity index (χ3n) is 4.66. The number of hydrogen-bond donors (Lipinski definition) is 1. The van der Waals surface area contributed by atoms with Gasteiger partial charge in [0.1, 0.15) is 11.6 Å². The van der Waals surface area contributed by atoms with Crippen molar-refractivity contribution in [2.24, 2.45) is 0 Å². The second kappa shape index (κ2) is 7.16. The summed E-state index contributed by atoms with van der Waals surface area (Å²) in [5.74, 6) is 0.998. The van der Waals surface area contributed by atoms with Crippen LogP contribution in [0.5, 0.6) is 5.75 Å². The molecule has 2 aromatic heterocycles. The molecule has 1 atom stereocenters. The topological polar surface area (TPSA) is 103 Å². The number of carbonyl (C=O) groups excluding carboxylic acids is 1. The van der Waals surface area contributed by atoms with Crippen LogP contribution in [0.15, 0.2) is 53.1 Å². The molecule has 1 saturated heterocycles. The molecule has 1 aliphatic heterocycles. The maximum Gasteiger partial charge on any atom is 0.292 e. The van der Waals surface area contributed by atoms with Crippen molar-refractivity contribution >= 4 is 21.6 Å². The number of benzene rings is 1. The van der Waals surface area contributed by atoms with Gasteiger partial charge in [-0.3, -0.25) is 4.79 Å². The summed E-state index contributed by atoms with van der Waals surface area (Å²) < 4.78 is 35.7. The van der Waals surface area contributed by atoms with Gasteiger partial charge in [-0.25, -0.2) is 13.1 Å². The molecule has 0 saturated carbocycles. The van der Waals surface area contributed by atoms with Crippen LogP contribution in [-0.4, -0.2) is 42.7 Å². The molecule has 3 heterocycles. The van der Waals surface area contributed by atoms with Crippen molar-refractivity contribution in [3.8, 4) is 17.0 Å². The number of ether oxygens (including phenoxy) is 1. The molecule has 146 valence electrons. The standard InChI is InChI=1S/C19H19N3O5S/c1-26-15-6-4-13(5-7-15)16-11-18(20-19(23)17-3-2-9-27-17)22(21-16)14-8-10-28(24,25)12-14/h2-7,9,11,14H,8,10,12H2,1H3,(H,20,23). The van der Waals surface area contributed by atoms with Crippen LogP contribution in [0.1, 0.15) is 23.0 Å². The van der Waals surface area contributed by atoms with E-state index in [0.717, 1.165) is 11.3 Å². The Bertz CT molecular complexity index is 1090. The number of furan rings is 1. The molecule has 1 N–H and O–H groups in total. The van der Waals surface area contributed by atoms with Crippen LogP contribution < -0.4 is 10.1 Å². The Morgan fingerprint density at radius 2 is 2.07 bits per heavy atom. The number of sulfone groups is 1. The quantitative estimate of drug-likeness (QED) is 0.705. The highest BCUT2D eigenvalue weighted by Crippen LogP contribution is 2.31. The fraction of sp³-hybridized carbons (Fsp3) is 0.263. The van der Waals surface area contributed by atoms with Crippen LogP contribution in [0.2, 0.25) is 0 Å². The number of anilines is 1. The van der Waals surface area contributed by atoms with E-state index in [1.807, 2.05) is 24.3 Å². The Morgan fingerprint density at radius 3 is 2.68 bits per heavy atom. The van der Waals surface area contributed by atoms with E-state index < -0.39 is 15.7 Å². The average molecular weight is 401 g/mol. The zero-order valence-corrected chi connectivity index (χ0v) is 16.0. The van der Waals surface area contributed by atoms with Crippen LogP contribution in [-0.2, 0) is 9.84 Å². The van der Waals surface area contributed by atoms with Gasteiger partial charge in [0.2, 0.25) is 0 Å². The van der Waals surface area contributed by atoms with E-state index in [4.69, 9.17) is 9.15 Å². The molecule has 3 aromatic rings. The van der Waals surface area contributed by atoms with Crippen molar-refractivity contribution < 1.29 is 22.4 Å². The number of amides is 1. The largest absolute Gasteiger partial charge is 0.497 e. The number of hydrogen-bond acceptors (Lipinski definition) is 6. The van der Waals surface area contributed by atoms with E-state index in [1.165, 1.54) is 6.26 Å². The highest BCUT2D eigenvalue weighted by atomic mass is 32.2. The first-order valence-corrected chi connectivity index (χ1v) is 10.6. The lowest BCUT2D eigenvalue weighted by Crippen LogP contribution is -2.19. The van der Waals surface area contributed by atoms with Crippen molar-refractivity contribution in [1.82, 2.24) is 9.78 Å². The predicted octanol–water partition coefficient (Wildman–Crippen LogP) is 2.76. The Morgan fingerprint density at radius 1 is 1.29 bits per heavy atom. The van der Waals surface area contributed by atoms with E-state index in [-0.39, 0.29) is 23.3 Å². The lowest BCUT2D eigenvalue weighted by Gasteiger charge is -2.13. The fourth-order valence-electron chi connectivity index (χ4n) is 3.22. The molecule has 0 radical (unpaired) electrons. The molecule has 0 spiro atoms. The number of nitrogens with one attached hydrogen (secondary N) is 1. The zero-order chi connectivity index (χ0) is 19.7. The van der Waals surface area contributed by atoms with E-state index in [1.54, 1.807) is 30.0 Å². The molecule has 1 fully saturated rings. The molecule has 1 unspecified atom stereocenters. The zero-order valence-electron chi connectivity index (χ0n) is 15.2. The number of carbonyl (C=O) groups is 1. The predicted molar refractivity (Wildman–Crippen MR) is 103 cm³/mol. The second-order valence-electron chi connectivity index (χ2n) is 6.58. The highest BCUT2D eigenvalue weighted by molar-refractivity contribution is 7.91. The third kappa shape index (κ3) is 3.65. The van der Waals surface area contributed by atoms with Crippen LogP contribution in [0.4, 0.5) is 5.82 Å². The van der Waals surface area contributed by atoms with E-state index >= 15 is 0 Å². The monoisotopic (exact) mass is 401 g/mol. The van der Waals surface area contributed by atoms with Gasteiger partial charge >= 0.3 is 0 Å². The van der Waals surface area contributed by atoms with Crippen LogP contribution in [0.25, 0.3) is 11.3 Å². The third-order valence-corrected chi connectivity index (χ3v) is 6.41. The lowest BCUT2D eigenvalue weighted by molar-refractivity contribution is 0.0995. The van der Waals surface area contributed by atoms with Crippen molar-refractivity contribution in [3.63, 3.8) is 0 Å². The maximum atomic E-state index is 12.4. The van der Waals surface area contributed by atoms with Crippen molar-refractivity contribution in [2.75, 3.05) is 23.9 Å². The fourth-order valence-corrected chi connectivity index (χ4v) is 4.91. The first kappa shape index (κ1) is 18.3. The van der Waals surface area contributed by atoms with Crippen molar-refractivity contribution in [1.29, 1.82) is 0 Å². The molecular weight excluding hydrogens is 382 g/mol. The SMILES string of the molecule is COc1ccc(-c2cc(NC(=O)c3ccco3)n(C3CCS(=O)(=O)C3)n2)cc1. The average Bonchev–Trinajstić information content (AvgIpc) is 3.41. The lowest BCUT2D eigenvalue weighted by atomic mass is 10.1. The minimum atomic E-state index is -3.11. The summed E-state index contributed by atoms with van der Waals surface area (Å²) in [6, 6.07) is 11.9. The molecule has 9 heteroatoms. The van der Waals surface area contributed by atoms with Crippen molar-refractivity contribution in [2.45, 2.75) is 12.5 Å². The molecular formula is C19H19N3O5S. The first-order chi connectivity index (χ1) is 13.4. The summed E-state index contributed by atoms with van der Waals surface area (Å²) in [6.45, 7) is 0. The number of aromatic nitrogens is 2. The van der Waals surface area contributed by atoms with Gasteiger partial charge < -0.3 is 14.5 Å². The normalized spacial score (nSPS) is 18.1. The number of rotatable bonds is 5. The Balaban J connectivity index is 1.69. The van der Waals surface area contributed by atoms with E-state index in [2.05, 4.69) is 10.4 Å². The van der Waals surface area contributed by atoms with Crippen LogP contribution >= 0.6 is 0 Å². The summed E-state index contributed by atoms with van der Waals surface area (Å²) in [5, 5.41) is 7.36. The van der Waals surface area contributed by atoms with Gasteiger partial charge in [-0.05, 0) is 42.8 Å². The molecule has 4 rings (SSSR count). The van der Waals surface area contributed by atoms with Crippen LogP contribution in [0, 0.1) is 0 Å². The Labute approximate surface area is 162 Å². The van der Waals surface area contributed by atoms with Gasteiger partial charge in [0.15, 0.2) is 15.6 Å². The van der Waals surface area contributed by atoms with E-state index in [0.29, 0.717) is 17.9 Å². The number of nitrogens with zero attached hydrogens (tertiary/aromatic N) is 2. The van der Waals surface area contributed by atoms with Gasteiger partial charge in [0, 0.05) is 11.6 Å². The first-order valence-electron chi connectivity index (χ1n) is 8.74. The summed E-state index contributed by atoms with van der Waals surface area (Å²) >= 11 is 0. The molecule has 1 aliphatic rings. The molecule has 0 aliphatic carbocycles. The Kier molecular flexibility index (Phi) is 4.68. The maximum absolute atomic E-state index is 12.4. The van der Waals surface area contributed by atoms with Crippen molar-refractivity contribution in [3.05, 3.63) is 54.5 Å². The van der Waals surface area contributed by atoms with E-state index in [9.17, 15) is 13.2 Å². The smallest absolute Gasteiger partial charge is 0.292 e. The molecule has 28 heavy (non-hydrogen) atoms. The van der Waals surface area contributed by atoms with Gasteiger partial charge in [0.25, 0.3) is 5.91 Å². The summed E-state index contributed by atoms with van der Waals surface area (Å²) in [6.07, 6.45) is 1.87. The van der Waals surface area contributed by atoms with Gasteiger partial charge in [0.05, 0.1) is 36.6 Å². The van der Waals surface area contributed by atoms with Gasteiger partial charge in [-0.1, -0.05) is 0 Å². The summed E-state index contributed by atoms with van der Waals surface area (Å²) in [4.78, 5) is 12.4. The van der Waals surface area contributed by atoms with Gasteiger partial charge in [-0.2, -0.15) is 5.10 Å². The molecule has 1 amide bonds. The second-order valence-corrected chi connectivity index (χ2v) is 8.80. The molecule has 0 bridgehead atoms. The Hall–Kier alpha value is -3.07. The highest BCUT2D eigenvalue weighted by Gasteiger charge is 2.32. The van der Waals surface area contributed by atoms with Gasteiger partial charge in [-0.15, -0.1) is 0 Å². The molecule has 1 aromatic carbocycles.